The molecule has 0 aromatic heterocycles. The van der Waals surface area contributed by atoms with E-state index in [1.165, 1.54) is 0 Å². The van der Waals surface area contributed by atoms with Crippen LogP contribution in [0, 0.1) is 5.92 Å². The molecule has 2 atom stereocenters. The monoisotopic (exact) mass is 245 g/mol. The Labute approximate surface area is 102 Å². The zero-order chi connectivity index (χ0) is 11.4. The summed E-state index contributed by atoms with van der Waals surface area (Å²) < 4.78 is 0. The molecule has 1 aromatic carbocycles. The molecule has 1 N–H and O–H groups in total. The topological polar surface area (TPSA) is 12.0 Å². The average molecular weight is 246 g/mol. The fourth-order valence-electron chi connectivity index (χ4n) is 1.35. The van der Waals surface area contributed by atoms with E-state index in [1.54, 1.807) is 6.07 Å². The Morgan fingerprint density at radius 1 is 1.27 bits per heavy atom. The van der Waals surface area contributed by atoms with Crippen LogP contribution >= 0.6 is 23.2 Å². The summed E-state index contributed by atoms with van der Waals surface area (Å²) in [7, 11) is 0. The molecule has 0 aliphatic rings. The van der Waals surface area contributed by atoms with Crippen LogP contribution in [0.25, 0.3) is 0 Å². The summed E-state index contributed by atoms with van der Waals surface area (Å²) in [5.41, 5.74) is 0.953. The van der Waals surface area contributed by atoms with Crippen molar-refractivity contribution in [2.24, 2.45) is 5.92 Å². The molecule has 0 aliphatic heterocycles. The molecule has 0 amide bonds. The second-order valence-electron chi connectivity index (χ2n) is 3.94. The van der Waals surface area contributed by atoms with Crippen LogP contribution in [-0.4, -0.2) is 6.04 Å². The van der Waals surface area contributed by atoms with Gasteiger partial charge in [-0.3, -0.25) is 0 Å². The fraction of sp³-hybridized carbons (Fsp3) is 0.500. The van der Waals surface area contributed by atoms with Crippen LogP contribution < -0.4 is 5.32 Å². The molecule has 0 spiro atoms. The molecular weight excluding hydrogens is 229 g/mol. The molecule has 0 radical (unpaired) electrons. The minimum absolute atomic E-state index is 0.411. The van der Waals surface area contributed by atoms with E-state index in [4.69, 9.17) is 23.2 Å². The maximum Gasteiger partial charge on any atom is 0.0652 e. The summed E-state index contributed by atoms with van der Waals surface area (Å²) >= 11 is 11.9. The number of hydrogen-bond donors (Lipinski definition) is 1. The minimum Gasteiger partial charge on any atom is -0.381 e. The summed E-state index contributed by atoms with van der Waals surface area (Å²) in [4.78, 5) is 0. The minimum atomic E-state index is 0.411. The van der Waals surface area contributed by atoms with Crippen molar-refractivity contribution in [1.82, 2.24) is 0 Å². The second kappa shape index (κ2) is 5.62. The normalized spacial score (nSPS) is 14.7. The molecule has 0 aliphatic carbocycles. The maximum atomic E-state index is 6.07. The third-order valence-electron chi connectivity index (χ3n) is 2.81. The van der Waals surface area contributed by atoms with E-state index in [2.05, 4.69) is 26.1 Å². The summed E-state index contributed by atoms with van der Waals surface area (Å²) in [6.07, 6.45) is 1.15. The van der Waals surface area contributed by atoms with Gasteiger partial charge in [0.15, 0.2) is 0 Å². The Bertz CT molecular complexity index is 325. The lowest BCUT2D eigenvalue weighted by molar-refractivity contribution is 0.495. The van der Waals surface area contributed by atoms with E-state index >= 15 is 0 Å². The van der Waals surface area contributed by atoms with Crippen LogP contribution in [0.3, 0.4) is 0 Å². The number of benzene rings is 1. The van der Waals surface area contributed by atoms with Crippen LogP contribution in [0.5, 0.6) is 0 Å². The molecule has 1 nitrogen and oxygen atoms in total. The van der Waals surface area contributed by atoms with Crippen molar-refractivity contribution in [2.45, 2.75) is 33.2 Å². The van der Waals surface area contributed by atoms with E-state index in [1.807, 2.05) is 12.1 Å². The van der Waals surface area contributed by atoms with E-state index < -0.39 is 0 Å². The van der Waals surface area contributed by atoms with Crippen molar-refractivity contribution >= 4 is 28.9 Å². The number of halogens is 2. The Balaban J connectivity index is 2.72. The average Bonchev–Trinajstić information content (AvgIpc) is 2.20. The van der Waals surface area contributed by atoms with Crippen LogP contribution in [-0.2, 0) is 0 Å². The van der Waals surface area contributed by atoms with Crippen LogP contribution in [0.15, 0.2) is 18.2 Å². The number of rotatable bonds is 4. The number of anilines is 1. The van der Waals surface area contributed by atoms with Crippen molar-refractivity contribution in [3.63, 3.8) is 0 Å². The van der Waals surface area contributed by atoms with Gasteiger partial charge in [-0.1, -0.05) is 43.5 Å². The first-order chi connectivity index (χ1) is 7.04. The van der Waals surface area contributed by atoms with Gasteiger partial charge in [-0.05, 0) is 31.0 Å². The van der Waals surface area contributed by atoms with E-state index in [0.29, 0.717) is 22.0 Å². The maximum absolute atomic E-state index is 6.07. The van der Waals surface area contributed by atoms with Crippen molar-refractivity contribution in [2.75, 3.05) is 5.32 Å². The van der Waals surface area contributed by atoms with Gasteiger partial charge in [-0.25, -0.2) is 0 Å². The molecule has 0 heterocycles. The molecular formula is C12H17Cl2N. The summed E-state index contributed by atoms with van der Waals surface area (Å²) in [6, 6.07) is 5.94. The van der Waals surface area contributed by atoms with Gasteiger partial charge in [0, 0.05) is 11.1 Å². The smallest absolute Gasteiger partial charge is 0.0652 e. The molecule has 1 aromatic rings. The van der Waals surface area contributed by atoms with Gasteiger partial charge in [-0.2, -0.15) is 0 Å². The van der Waals surface area contributed by atoms with Crippen molar-refractivity contribution < 1.29 is 0 Å². The summed E-state index contributed by atoms with van der Waals surface area (Å²) in [5, 5.41) is 4.74. The SMILES string of the molecule is CCC(C)C(C)Nc1ccc(Cl)cc1Cl. The predicted molar refractivity (Wildman–Crippen MR) is 69.0 cm³/mol. The Kier molecular flexibility index (Phi) is 4.75. The van der Waals surface area contributed by atoms with Gasteiger partial charge in [0.2, 0.25) is 0 Å². The molecule has 0 saturated carbocycles. The Morgan fingerprint density at radius 3 is 2.47 bits per heavy atom. The first-order valence-electron chi connectivity index (χ1n) is 5.26. The molecule has 15 heavy (non-hydrogen) atoms. The highest BCUT2D eigenvalue weighted by Gasteiger charge is 2.11. The molecule has 0 saturated heterocycles. The Hall–Kier alpha value is -0.400. The number of nitrogens with one attached hydrogen (secondary N) is 1. The highest BCUT2D eigenvalue weighted by atomic mass is 35.5. The third kappa shape index (κ3) is 3.58. The quantitative estimate of drug-likeness (QED) is 0.801. The second-order valence-corrected chi connectivity index (χ2v) is 4.79. The van der Waals surface area contributed by atoms with Gasteiger partial charge in [-0.15, -0.1) is 0 Å². The summed E-state index contributed by atoms with van der Waals surface area (Å²) in [5.74, 6) is 0.622. The third-order valence-corrected chi connectivity index (χ3v) is 3.36. The molecule has 0 fully saturated rings. The molecule has 2 unspecified atom stereocenters. The lowest BCUT2D eigenvalue weighted by Gasteiger charge is -2.21. The highest BCUT2D eigenvalue weighted by molar-refractivity contribution is 6.36. The first kappa shape index (κ1) is 12.7. The van der Waals surface area contributed by atoms with Crippen LogP contribution in [0.1, 0.15) is 27.2 Å². The molecule has 3 heteroatoms. The van der Waals surface area contributed by atoms with E-state index in [-0.39, 0.29) is 0 Å². The van der Waals surface area contributed by atoms with Crippen molar-refractivity contribution in [3.05, 3.63) is 28.2 Å². The lowest BCUT2D eigenvalue weighted by Crippen LogP contribution is -2.23. The van der Waals surface area contributed by atoms with Crippen molar-refractivity contribution in [1.29, 1.82) is 0 Å². The van der Waals surface area contributed by atoms with Gasteiger partial charge < -0.3 is 5.32 Å². The van der Waals surface area contributed by atoms with Crippen molar-refractivity contribution in [3.8, 4) is 0 Å². The van der Waals surface area contributed by atoms with E-state index in [9.17, 15) is 0 Å². The zero-order valence-electron chi connectivity index (χ0n) is 9.35. The molecule has 1 rings (SSSR count). The standard InChI is InChI=1S/C12H17Cl2N/c1-4-8(2)9(3)15-12-6-5-10(13)7-11(12)14/h5-9,15H,4H2,1-3H3. The lowest BCUT2D eigenvalue weighted by atomic mass is 10.0. The largest absolute Gasteiger partial charge is 0.381 e. The Morgan fingerprint density at radius 2 is 1.93 bits per heavy atom. The van der Waals surface area contributed by atoms with Gasteiger partial charge >= 0.3 is 0 Å². The van der Waals surface area contributed by atoms with Gasteiger partial charge in [0.1, 0.15) is 0 Å². The van der Waals surface area contributed by atoms with E-state index in [0.717, 1.165) is 12.1 Å². The number of hydrogen-bond acceptors (Lipinski definition) is 1. The van der Waals surface area contributed by atoms with Gasteiger partial charge in [0.25, 0.3) is 0 Å². The summed E-state index contributed by atoms with van der Waals surface area (Å²) in [6.45, 7) is 6.58. The first-order valence-corrected chi connectivity index (χ1v) is 6.01. The molecule has 84 valence electrons. The van der Waals surface area contributed by atoms with Crippen LogP contribution in [0.4, 0.5) is 5.69 Å². The zero-order valence-corrected chi connectivity index (χ0v) is 10.9. The van der Waals surface area contributed by atoms with Crippen LogP contribution in [0.2, 0.25) is 10.0 Å². The fourth-order valence-corrected chi connectivity index (χ4v) is 1.81. The van der Waals surface area contributed by atoms with Gasteiger partial charge in [0.05, 0.1) is 10.7 Å². The molecule has 0 bridgehead atoms. The highest BCUT2D eigenvalue weighted by Crippen LogP contribution is 2.27. The predicted octanol–water partition coefficient (Wildman–Crippen LogP) is 4.84.